The maximum atomic E-state index is 6.00. The lowest BCUT2D eigenvalue weighted by molar-refractivity contribution is 0.266. The second kappa shape index (κ2) is 8.05. The van der Waals surface area contributed by atoms with Gasteiger partial charge < -0.3 is 15.2 Å². The summed E-state index contributed by atoms with van der Waals surface area (Å²) in [5.74, 6) is 1.58. The van der Waals surface area contributed by atoms with Crippen molar-refractivity contribution in [2.24, 2.45) is 5.73 Å². The van der Waals surface area contributed by atoms with E-state index in [-0.39, 0.29) is 0 Å². The van der Waals surface area contributed by atoms with Crippen molar-refractivity contribution in [3.63, 3.8) is 0 Å². The van der Waals surface area contributed by atoms with E-state index < -0.39 is 0 Å². The van der Waals surface area contributed by atoms with Gasteiger partial charge in [-0.3, -0.25) is 0 Å². The zero-order chi connectivity index (χ0) is 15.1. The molecule has 0 radical (unpaired) electrons. The minimum atomic E-state index is 0.509. The third-order valence-corrected chi connectivity index (χ3v) is 3.60. The predicted molar refractivity (Wildman–Crippen MR) is 88.8 cm³/mol. The SMILES string of the molecule is CCOc1cccc(CCN)c1OCc1ccc(Br)cc1. The number of hydrogen-bond acceptors (Lipinski definition) is 3. The Morgan fingerprint density at radius 2 is 1.81 bits per heavy atom. The molecule has 0 aromatic heterocycles. The van der Waals surface area contributed by atoms with E-state index in [4.69, 9.17) is 15.2 Å². The minimum Gasteiger partial charge on any atom is -0.490 e. The fourth-order valence-electron chi connectivity index (χ4n) is 2.08. The maximum Gasteiger partial charge on any atom is 0.164 e. The van der Waals surface area contributed by atoms with E-state index in [0.717, 1.165) is 33.5 Å². The van der Waals surface area contributed by atoms with Gasteiger partial charge in [0.25, 0.3) is 0 Å². The molecule has 0 atom stereocenters. The van der Waals surface area contributed by atoms with Crippen LogP contribution in [0, 0.1) is 0 Å². The van der Waals surface area contributed by atoms with Gasteiger partial charge in [0.15, 0.2) is 11.5 Å². The molecule has 0 fully saturated rings. The lowest BCUT2D eigenvalue weighted by Crippen LogP contribution is -2.07. The molecule has 0 aliphatic carbocycles. The molecule has 0 saturated heterocycles. The highest BCUT2D eigenvalue weighted by Gasteiger charge is 2.10. The lowest BCUT2D eigenvalue weighted by Gasteiger charge is -2.15. The van der Waals surface area contributed by atoms with E-state index in [9.17, 15) is 0 Å². The molecule has 0 saturated carbocycles. The molecular weight excluding hydrogens is 330 g/mol. The predicted octanol–water partition coefficient (Wildman–Crippen LogP) is 3.93. The van der Waals surface area contributed by atoms with Gasteiger partial charge in [0.05, 0.1) is 6.61 Å². The van der Waals surface area contributed by atoms with Crippen molar-refractivity contribution in [1.82, 2.24) is 0 Å². The number of ether oxygens (including phenoxy) is 2. The van der Waals surface area contributed by atoms with Crippen LogP contribution < -0.4 is 15.2 Å². The summed E-state index contributed by atoms with van der Waals surface area (Å²) >= 11 is 3.43. The van der Waals surface area contributed by atoms with Crippen LogP contribution in [0.25, 0.3) is 0 Å². The van der Waals surface area contributed by atoms with Crippen LogP contribution in [0.15, 0.2) is 46.9 Å². The Bertz CT molecular complexity index is 545. The Hall–Kier alpha value is -1.52. The molecule has 0 bridgehead atoms. The van der Waals surface area contributed by atoms with Crippen LogP contribution in [0.4, 0.5) is 0 Å². The second-order valence-corrected chi connectivity index (χ2v) is 5.55. The van der Waals surface area contributed by atoms with E-state index in [1.54, 1.807) is 0 Å². The first-order valence-corrected chi connectivity index (χ1v) is 7.86. The summed E-state index contributed by atoms with van der Waals surface area (Å²) in [5, 5.41) is 0. The molecule has 112 valence electrons. The average Bonchev–Trinajstić information content (AvgIpc) is 2.49. The molecule has 3 nitrogen and oxygen atoms in total. The molecule has 0 amide bonds. The fraction of sp³-hybridized carbons (Fsp3) is 0.294. The van der Waals surface area contributed by atoms with Crippen LogP contribution in [-0.4, -0.2) is 13.2 Å². The number of benzene rings is 2. The summed E-state index contributed by atoms with van der Waals surface area (Å²) in [7, 11) is 0. The van der Waals surface area contributed by atoms with Gasteiger partial charge in [0.1, 0.15) is 6.61 Å². The zero-order valence-electron chi connectivity index (χ0n) is 12.1. The number of rotatable bonds is 7. The van der Waals surface area contributed by atoms with Crippen LogP contribution in [0.5, 0.6) is 11.5 Å². The monoisotopic (exact) mass is 349 g/mol. The zero-order valence-corrected chi connectivity index (χ0v) is 13.7. The van der Waals surface area contributed by atoms with E-state index >= 15 is 0 Å². The molecule has 2 aromatic carbocycles. The van der Waals surface area contributed by atoms with Gasteiger partial charge in [-0.1, -0.05) is 40.2 Å². The highest BCUT2D eigenvalue weighted by atomic mass is 79.9. The van der Waals surface area contributed by atoms with Crippen molar-refractivity contribution in [3.8, 4) is 11.5 Å². The van der Waals surface area contributed by atoms with Crippen molar-refractivity contribution in [2.45, 2.75) is 20.0 Å². The summed E-state index contributed by atoms with van der Waals surface area (Å²) in [5.41, 5.74) is 7.87. The van der Waals surface area contributed by atoms with Crippen LogP contribution >= 0.6 is 15.9 Å². The summed E-state index contributed by atoms with van der Waals surface area (Å²) in [6.45, 7) is 3.67. The summed E-state index contributed by atoms with van der Waals surface area (Å²) in [6, 6.07) is 14.0. The van der Waals surface area contributed by atoms with Gasteiger partial charge in [-0.25, -0.2) is 0 Å². The quantitative estimate of drug-likeness (QED) is 0.823. The van der Waals surface area contributed by atoms with Crippen molar-refractivity contribution in [1.29, 1.82) is 0 Å². The number of para-hydroxylation sites is 1. The fourth-order valence-corrected chi connectivity index (χ4v) is 2.35. The van der Waals surface area contributed by atoms with Gasteiger partial charge in [0.2, 0.25) is 0 Å². The van der Waals surface area contributed by atoms with Crippen LogP contribution in [0.3, 0.4) is 0 Å². The van der Waals surface area contributed by atoms with E-state index in [1.807, 2.05) is 49.4 Å². The molecular formula is C17H20BrNO2. The van der Waals surface area contributed by atoms with Gasteiger partial charge in [0, 0.05) is 4.47 Å². The molecule has 2 aromatic rings. The molecule has 4 heteroatoms. The highest BCUT2D eigenvalue weighted by Crippen LogP contribution is 2.32. The summed E-state index contributed by atoms with van der Waals surface area (Å²) in [4.78, 5) is 0. The van der Waals surface area contributed by atoms with E-state index in [2.05, 4.69) is 15.9 Å². The van der Waals surface area contributed by atoms with Crippen LogP contribution in [0.2, 0.25) is 0 Å². The Labute approximate surface area is 134 Å². The van der Waals surface area contributed by atoms with E-state index in [1.165, 1.54) is 0 Å². The van der Waals surface area contributed by atoms with Gasteiger partial charge in [-0.2, -0.15) is 0 Å². The Kier molecular flexibility index (Phi) is 6.08. The first kappa shape index (κ1) is 15.9. The third-order valence-electron chi connectivity index (χ3n) is 3.07. The molecule has 2 rings (SSSR count). The van der Waals surface area contributed by atoms with Gasteiger partial charge in [-0.05, 0) is 49.2 Å². The third kappa shape index (κ3) is 4.48. The summed E-state index contributed by atoms with van der Waals surface area (Å²) < 4.78 is 12.7. The van der Waals surface area contributed by atoms with Crippen LogP contribution in [0.1, 0.15) is 18.1 Å². The highest BCUT2D eigenvalue weighted by molar-refractivity contribution is 9.10. The molecule has 0 unspecified atom stereocenters. The van der Waals surface area contributed by atoms with Gasteiger partial charge >= 0.3 is 0 Å². The largest absolute Gasteiger partial charge is 0.490 e. The van der Waals surface area contributed by atoms with E-state index in [0.29, 0.717) is 19.8 Å². The molecule has 0 aliphatic heterocycles. The average molecular weight is 350 g/mol. The van der Waals surface area contributed by atoms with Crippen LogP contribution in [-0.2, 0) is 13.0 Å². The first-order valence-electron chi connectivity index (χ1n) is 7.06. The topological polar surface area (TPSA) is 44.5 Å². The lowest BCUT2D eigenvalue weighted by atomic mass is 10.1. The number of nitrogens with two attached hydrogens (primary N) is 1. The normalized spacial score (nSPS) is 10.4. The number of halogens is 1. The standard InChI is InChI=1S/C17H20BrNO2/c1-2-20-16-5-3-4-14(10-11-19)17(16)21-12-13-6-8-15(18)9-7-13/h3-9H,2,10-12,19H2,1H3. The van der Waals surface area contributed by atoms with Crippen molar-refractivity contribution in [3.05, 3.63) is 58.1 Å². The molecule has 0 spiro atoms. The minimum absolute atomic E-state index is 0.509. The van der Waals surface area contributed by atoms with Gasteiger partial charge in [-0.15, -0.1) is 0 Å². The smallest absolute Gasteiger partial charge is 0.164 e. The molecule has 2 N–H and O–H groups in total. The maximum absolute atomic E-state index is 6.00. The Morgan fingerprint density at radius 1 is 1.05 bits per heavy atom. The Morgan fingerprint density at radius 3 is 2.48 bits per heavy atom. The summed E-state index contributed by atoms with van der Waals surface area (Å²) in [6.07, 6.45) is 0.774. The second-order valence-electron chi connectivity index (χ2n) is 4.63. The van der Waals surface area contributed by atoms with Crippen molar-refractivity contribution < 1.29 is 9.47 Å². The Balaban J connectivity index is 2.17. The molecule has 21 heavy (non-hydrogen) atoms. The number of hydrogen-bond donors (Lipinski definition) is 1. The first-order chi connectivity index (χ1) is 10.2. The molecule has 0 aliphatic rings. The van der Waals surface area contributed by atoms with Crippen molar-refractivity contribution >= 4 is 15.9 Å². The molecule has 0 heterocycles. The van der Waals surface area contributed by atoms with Crippen molar-refractivity contribution in [2.75, 3.05) is 13.2 Å².